The minimum Gasteiger partial charge on any atom is -0.444 e. The van der Waals surface area contributed by atoms with Crippen molar-refractivity contribution in [2.24, 2.45) is 0 Å². The monoisotopic (exact) mass is 354 g/mol. The molecule has 140 valence electrons. The first kappa shape index (κ1) is 17.8. The van der Waals surface area contributed by atoms with Crippen molar-refractivity contribution in [2.45, 2.75) is 63.8 Å². The third kappa shape index (κ3) is 3.65. The minimum atomic E-state index is -0.559. The Morgan fingerprint density at radius 2 is 1.92 bits per heavy atom. The van der Waals surface area contributed by atoms with Gasteiger partial charge in [-0.15, -0.1) is 0 Å². The number of hydrogen-bond donors (Lipinski definition) is 2. The van der Waals surface area contributed by atoms with E-state index in [9.17, 15) is 19.6 Å². The van der Waals surface area contributed by atoms with Crippen molar-refractivity contribution in [1.29, 1.82) is 0 Å². The van der Waals surface area contributed by atoms with Crippen LogP contribution in [0.15, 0.2) is 0 Å². The Morgan fingerprint density at radius 1 is 1.20 bits per heavy atom. The number of hydrogen-bond acceptors (Lipinski definition) is 5. The summed E-state index contributed by atoms with van der Waals surface area (Å²) in [5, 5.41) is 13.4. The summed E-state index contributed by atoms with van der Waals surface area (Å²) in [5.74, 6) is -0.224. The lowest BCUT2D eigenvalue weighted by molar-refractivity contribution is -0.126. The molecule has 0 aromatic carbocycles. The van der Waals surface area contributed by atoms with Gasteiger partial charge in [-0.2, -0.15) is 0 Å². The quantitative estimate of drug-likeness (QED) is 0.713. The maximum Gasteiger partial charge on any atom is 0.410 e. The van der Waals surface area contributed by atoms with Crippen LogP contribution in [0.4, 0.5) is 9.59 Å². The SMILES string of the molecule is CC(C)(C)OC(=O)N1CCC(NC(=O)[C@@H]2CC[C@@H]3CN2C(=O)N3O)C1. The number of amides is 4. The summed E-state index contributed by atoms with van der Waals surface area (Å²) >= 11 is 0. The molecule has 3 aliphatic rings. The van der Waals surface area contributed by atoms with Crippen molar-refractivity contribution >= 4 is 18.0 Å². The molecule has 25 heavy (non-hydrogen) atoms. The topological polar surface area (TPSA) is 102 Å². The van der Waals surface area contributed by atoms with E-state index in [4.69, 9.17) is 4.74 Å². The smallest absolute Gasteiger partial charge is 0.410 e. The average Bonchev–Trinajstić information content (AvgIpc) is 3.06. The lowest BCUT2D eigenvalue weighted by Crippen LogP contribution is -2.52. The Morgan fingerprint density at radius 3 is 2.60 bits per heavy atom. The number of urea groups is 1. The second kappa shape index (κ2) is 6.36. The van der Waals surface area contributed by atoms with Gasteiger partial charge in [-0.25, -0.2) is 14.7 Å². The van der Waals surface area contributed by atoms with Crippen LogP contribution >= 0.6 is 0 Å². The fourth-order valence-corrected chi connectivity index (χ4v) is 3.59. The van der Waals surface area contributed by atoms with E-state index in [2.05, 4.69) is 5.32 Å². The summed E-state index contributed by atoms with van der Waals surface area (Å²) in [6.07, 6.45) is 1.41. The number of fused-ring (bicyclic) bond motifs is 2. The number of nitrogens with one attached hydrogen (secondary N) is 1. The first-order valence-corrected chi connectivity index (χ1v) is 8.73. The molecule has 0 radical (unpaired) electrons. The molecule has 0 aromatic heterocycles. The molecule has 2 N–H and O–H groups in total. The largest absolute Gasteiger partial charge is 0.444 e. The van der Waals surface area contributed by atoms with Gasteiger partial charge >= 0.3 is 12.1 Å². The van der Waals surface area contributed by atoms with Gasteiger partial charge in [-0.3, -0.25) is 10.0 Å². The van der Waals surface area contributed by atoms with Crippen molar-refractivity contribution in [1.82, 2.24) is 20.2 Å². The standard InChI is InChI=1S/C16H26N4O5/c1-16(2,3)25-15(23)18-7-6-10(8-18)17-13(21)12-5-4-11-9-19(12)14(22)20(11)24/h10-12,24H,4-9H2,1-3H3,(H,17,21)/t10?,11-,12+/m1/s1. The number of nitrogens with zero attached hydrogens (tertiary/aromatic N) is 3. The van der Waals surface area contributed by atoms with E-state index in [-0.39, 0.29) is 24.1 Å². The number of carbonyl (C=O) groups excluding carboxylic acids is 3. The predicted molar refractivity (Wildman–Crippen MR) is 86.9 cm³/mol. The Bertz CT molecular complexity index is 575. The second-order valence-corrected chi connectivity index (χ2v) is 7.95. The summed E-state index contributed by atoms with van der Waals surface area (Å²) in [4.78, 5) is 39.6. The lowest BCUT2D eigenvalue weighted by Gasteiger charge is -2.30. The van der Waals surface area contributed by atoms with E-state index in [0.717, 1.165) is 5.06 Å². The molecule has 3 atom stereocenters. The fourth-order valence-electron chi connectivity index (χ4n) is 3.59. The highest BCUT2D eigenvalue weighted by Gasteiger charge is 2.47. The van der Waals surface area contributed by atoms with Crippen molar-refractivity contribution in [3.63, 3.8) is 0 Å². The highest BCUT2D eigenvalue weighted by Crippen LogP contribution is 2.28. The van der Waals surface area contributed by atoms with Crippen LogP contribution in [0.5, 0.6) is 0 Å². The van der Waals surface area contributed by atoms with Gasteiger partial charge in [-0.1, -0.05) is 0 Å². The molecule has 4 amide bonds. The molecular weight excluding hydrogens is 328 g/mol. The number of ether oxygens (including phenoxy) is 1. The van der Waals surface area contributed by atoms with E-state index in [1.807, 2.05) is 20.8 Å². The molecule has 0 saturated carbocycles. The summed E-state index contributed by atoms with van der Waals surface area (Å²) in [7, 11) is 0. The van der Waals surface area contributed by atoms with Crippen molar-refractivity contribution < 1.29 is 24.3 Å². The van der Waals surface area contributed by atoms with Gasteiger partial charge in [0.25, 0.3) is 0 Å². The van der Waals surface area contributed by atoms with Crippen molar-refractivity contribution in [3.05, 3.63) is 0 Å². The van der Waals surface area contributed by atoms with Gasteiger partial charge in [0.2, 0.25) is 5.91 Å². The highest BCUT2D eigenvalue weighted by atomic mass is 16.6. The number of hydroxylamine groups is 2. The minimum absolute atomic E-state index is 0.152. The average molecular weight is 354 g/mol. The van der Waals surface area contributed by atoms with Gasteiger partial charge in [-0.05, 0) is 40.0 Å². The summed E-state index contributed by atoms with van der Waals surface area (Å²) in [5.41, 5.74) is -0.552. The third-order valence-corrected chi connectivity index (χ3v) is 4.83. The number of rotatable bonds is 2. The van der Waals surface area contributed by atoms with Crippen molar-refractivity contribution in [2.75, 3.05) is 19.6 Å². The molecule has 3 saturated heterocycles. The van der Waals surface area contributed by atoms with Crippen molar-refractivity contribution in [3.8, 4) is 0 Å². The normalized spacial score (nSPS) is 29.2. The maximum atomic E-state index is 12.6. The Hall–Kier alpha value is -2.03. The number of carbonyl (C=O) groups is 3. The Kier molecular flexibility index (Phi) is 4.52. The van der Waals surface area contributed by atoms with E-state index in [0.29, 0.717) is 38.9 Å². The molecule has 0 aromatic rings. The Balaban J connectivity index is 1.53. The van der Waals surface area contributed by atoms with E-state index >= 15 is 0 Å². The van der Waals surface area contributed by atoms with Crippen LogP contribution < -0.4 is 5.32 Å². The van der Waals surface area contributed by atoms with Crippen LogP contribution in [0.25, 0.3) is 0 Å². The number of piperidine rings is 1. The van der Waals surface area contributed by atoms with E-state index < -0.39 is 17.7 Å². The van der Waals surface area contributed by atoms with Gasteiger partial charge in [0, 0.05) is 25.7 Å². The summed E-state index contributed by atoms with van der Waals surface area (Å²) in [6.45, 7) is 6.74. The van der Waals surface area contributed by atoms with Gasteiger partial charge < -0.3 is 19.9 Å². The zero-order chi connectivity index (χ0) is 18.4. The Labute approximate surface area is 146 Å². The molecule has 3 aliphatic heterocycles. The molecule has 3 heterocycles. The number of likely N-dealkylation sites (tertiary alicyclic amines) is 1. The molecule has 0 aliphatic carbocycles. The van der Waals surface area contributed by atoms with Crippen LogP contribution in [0, 0.1) is 0 Å². The van der Waals surface area contributed by atoms with Crippen LogP contribution in [-0.2, 0) is 9.53 Å². The second-order valence-electron chi connectivity index (χ2n) is 7.95. The summed E-state index contributed by atoms with van der Waals surface area (Å²) in [6, 6.07) is -1.44. The molecule has 1 unspecified atom stereocenters. The van der Waals surface area contributed by atoms with Gasteiger partial charge in [0.1, 0.15) is 11.6 Å². The van der Waals surface area contributed by atoms with Gasteiger partial charge in [0.05, 0.1) is 6.04 Å². The summed E-state index contributed by atoms with van der Waals surface area (Å²) < 4.78 is 5.35. The van der Waals surface area contributed by atoms with Crippen LogP contribution in [0.1, 0.15) is 40.0 Å². The molecule has 9 nitrogen and oxygen atoms in total. The van der Waals surface area contributed by atoms with E-state index in [1.54, 1.807) is 4.90 Å². The first-order valence-electron chi connectivity index (χ1n) is 8.73. The molecule has 2 bridgehead atoms. The van der Waals surface area contributed by atoms with E-state index in [1.165, 1.54) is 4.90 Å². The first-order chi connectivity index (χ1) is 11.7. The molecular formula is C16H26N4O5. The molecule has 9 heteroatoms. The predicted octanol–water partition coefficient (Wildman–Crippen LogP) is 0.770. The maximum absolute atomic E-state index is 12.6. The highest BCUT2D eigenvalue weighted by molar-refractivity contribution is 5.88. The zero-order valence-electron chi connectivity index (χ0n) is 14.9. The molecule has 0 spiro atoms. The molecule has 3 fully saturated rings. The van der Waals surface area contributed by atoms with Gasteiger partial charge in [0.15, 0.2) is 0 Å². The van der Waals surface area contributed by atoms with Crippen LogP contribution in [0.2, 0.25) is 0 Å². The fraction of sp³-hybridized carbons (Fsp3) is 0.812. The van der Waals surface area contributed by atoms with Crippen LogP contribution in [0.3, 0.4) is 0 Å². The molecule has 3 rings (SSSR count). The van der Waals surface area contributed by atoms with Crippen LogP contribution in [-0.4, -0.2) is 81.5 Å². The zero-order valence-corrected chi connectivity index (χ0v) is 14.9. The lowest BCUT2D eigenvalue weighted by atomic mass is 10.00. The third-order valence-electron chi connectivity index (χ3n) is 4.83.